The SMILES string of the molecule is COc1ccc(C#Cc2ccc3c(c2)[C@]2(C(=O)N3)[C@H](C(=O)O)C3C(=O)O[C@H](c4ccccc4)[C@H](c4ccccc4)N3[C@@H]2c2ccc(OCCO)cc2)cc1. The first-order valence-electron chi connectivity index (χ1n) is 17.6. The van der Waals surface area contributed by atoms with E-state index in [1.54, 1.807) is 49.6 Å². The normalized spacial score (nSPS) is 24.1. The predicted molar refractivity (Wildman–Crippen MR) is 199 cm³/mol. The van der Waals surface area contributed by atoms with Crippen LogP contribution in [0.25, 0.3) is 0 Å². The number of nitrogens with zero attached hydrogens (tertiary/aromatic N) is 1. The van der Waals surface area contributed by atoms with Gasteiger partial charge in [-0.1, -0.05) is 84.6 Å². The van der Waals surface area contributed by atoms with Gasteiger partial charge in [0, 0.05) is 16.8 Å². The first-order valence-corrected chi connectivity index (χ1v) is 17.6. The molecule has 2 fully saturated rings. The number of aliphatic hydroxyl groups excluding tert-OH is 1. The summed E-state index contributed by atoms with van der Waals surface area (Å²) in [5, 5.41) is 23.6. The minimum Gasteiger partial charge on any atom is -0.497 e. The van der Waals surface area contributed by atoms with Gasteiger partial charge in [-0.05, 0) is 76.9 Å². The summed E-state index contributed by atoms with van der Waals surface area (Å²) in [4.78, 5) is 45.1. The molecule has 270 valence electrons. The number of hydrogen-bond donors (Lipinski definition) is 3. The van der Waals surface area contributed by atoms with Crippen molar-refractivity contribution in [2.75, 3.05) is 25.6 Å². The lowest BCUT2D eigenvalue weighted by atomic mass is 9.65. The monoisotopic (exact) mass is 720 g/mol. The van der Waals surface area contributed by atoms with Crippen molar-refractivity contribution < 1.29 is 38.8 Å². The van der Waals surface area contributed by atoms with E-state index < -0.39 is 53.4 Å². The third-order valence-electron chi connectivity index (χ3n) is 10.6. The zero-order valence-corrected chi connectivity index (χ0v) is 29.2. The van der Waals surface area contributed by atoms with Gasteiger partial charge in [0.25, 0.3) is 0 Å². The maximum absolute atomic E-state index is 14.9. The zero-order valence-electron chi connectivity index (χ0n) is 29.2. The first-order chi connectivity index (χ1) is 26.3. The van der Waals surface area contributed by atoms with E-state index in [0.717, 1.165) is 16.7 Å². The van der Waals surface area contributed by atoms with Crippen LogP contribution in [0.3, 0.4) is 0 Å². The van der Waals surface area contributed by atoms with Gasteiger partial charge in [0.15, 0.2) is 0 Å². The molecule has 0 aromatic heterocycles. The molecular weight excluding hydrogens is 684 g/mol. The molecule has 3 aliphatic heterocycles. The number of aliphatic hydroxyl groups is 1. The molecule has 0 radical (unpaired) electrons. The van der Waals surface area contributed by atoms with Crippen LogP contribution in [0.15, 0.2) is 127 Å². The fourth-order valence-electron chi connectivity index (χ4n) is 8.38. The Morgan fingerprint density at radius 3 is 2.07 bits per heavy atom. The number of benzene rings is 5. The Bertz CT molecular complexity index is 2270. The van der Waals surface area contributed by atoms with E-state index in [2.05, 4.69) is 17.2 Å². The quantitative estimate of drug-likeness (QED) is 0.134. The lowest BCUT2D eigenvalue weighted by molar-refractivity contribution is -0.179. The van der Waals surface area contributed by atoms with E-state index in [0.29, 0.717) is 33.9 Å². The van der Waals surface area contributed by atoms with E-state index in [1.165, 1.54) is 0 Å². The van der Waals surface area contributed by atoms with Crippen LogP contribution in [-0.2, 0) is 24.5 Å². The number of nitrogens with one attached hydrogen (secondary N) is 1. The molecule has 0 saturated carbocycles. The van der Waals surface area contributed by atoms with Gasteiger partial charge < -0.3 is 29.7 Å². The van der Waals surface area contributed by atoms with E-state index in [9.17, 15) is 24.6 Å². The number of fused-ring (bicyclic) bond motifs is 3. The van der Waals surface area contributed by atoms with Crippen LogP contribution >= 0.6 is 0 Å². The van der Waals surface area contributed by atoms with E-state index in [1.807, 2.05) is 89.8 Å². The number of carboxylic acid groups (broad SMARTS) is 1. The minimum absolute atomic E-state index is 0.0821. The van der Waals surface area contributed by atoms with Crippen molar-refractivity contribution in [1.82, 2.24) is 4.90 Å². The lowest BCUT2D eigenvalue weighted by Crippen LogP contribution is -2.52. The Morgan fingerprint density at radius 2 is 1.43 bits per heavy atom. The molecule has 54 heavy (non-hydrogen) atoms. The highest BCUT2D eigenvalue weighted by atomic mass is 16.6. The first kappa shape index (κ1) is 34.7. The van der Waals surface area contributed by atoms with E-state index in [4.69, 9.17) is 14.2 Å². The summed E-state index contributed by atoms with van der Waals surface area (Å²) in [7, 11) is 1.59. The number of carboxylic acids is 1. The number of esters is 1. The fourth-order valence-corrected chi connectivity index (χ4v) is 8.38. The summed E-state index contributed by atoms with van der Waals surface area (Å²) >= 11 is 0. The molecule has 0 bridgehead atoms. The van der Waals surface area contributed by atoms with Crippen molar-refractivity contribution in [3.05, 3.63) is 161 Å². The summed E-state index contributed by atoms with van der Waals surface area (Å²) in [6.45, 7) is -0.0928. The van der Waals surface area contributed by atoms with Crippen LogP contribution in [0, 0.1) is 17.8 Å². The maximum atomic E-state index is 14.9. The summed E-state index contributed by atoms with van der Waals surface area (Å²) < 4.78 is 17.2. The number of ether oxygens (including phenoxy) is 3. The van der Waals surface area contributed by atoms with E-state index in [-0.39, 0.29) is 13.2 Å². The van der Waals surface area contributed by atoms with Crippen LogP contribution < -0.4 is 14.8 Å². The third-order valence-corrected chi connectivity index (χ3v) is 10.6. The number of cyclic esters (lactones) is 1. The smallest absolute Gasteiger partial charge is 0.325 e. The highest BCUT2D eigenvalue weighted by molar-refractivity contribution is 6.11. The number of aliphatic carboxylic acids is 1. The van der Waals surface area contributed by atoms with E-state index >= 15 is 0 Å². The molecule has 5 aromatic carbocycles. The topological polar surface area (TPSA) is 135 Å². The second kappa shape index (κ2) is 14.2. The van der Waals surface area contributed by atoms with Crippen LogP contribution in [0.2, 0.25) is 0 Å². The molecule has 10 heteroatoms. The van der Waals surface area contributed by atoms with Gasteiger partial charge in [-0.15, -0.1) is 0 Å². The summed E-state index contributed by atoms with van der Waals surface area (Å²) in [6.07, 6.45) is -0.831. The van der Waals surface area contributed by atoms with Crippen LogP contribution in [-0.4, -0.2) is 59.3 Å². The number of rotatable bonds is 8. The standard InChI is InChI=1S/C44H36N2O8/c1-52-32-19-14-27(15-20-32)12-13-28-16-23-35-34(26-28)44(43(51)45-35)36(41(48)49)38-42(50)54-39(30-10-6-3-7-11-30)37(29-8-4-2-5-9-29)46(38)40(44)31-17-21-33(22-18-31)53-25-24-47/h2-11,14-23,26,36-40,47H,24-25H2,1H3,(H,45,51)(H,48,49)/t36-,37-,38?,39+,40+,44-/m0/s1. The molecule has 1 unspecified atom stereocenters. The Hall–Kier alpha value is -6.41. The lowest BCUT2D eigenvalue weighted by Gasteiger charge is -2.46. The molecule has 6 atom stereocenters. The highest BCUT2D eigenvalue weighted by Crippen LogP contribution is 2.64. The van der Waals surface area contributed by atoms with Crippen molar-refractivity contribution in [1.29, 1.82) is 0 Å². The average Bonchev–Trinajstić information content (AvgIpc) is 3.69. The van der Waals surface area contributed by atoms with Crippen LogP contribution in [0.1, 0.15) is 51.6 Å². The van der Waals surface area contributed by atoms with Gasteiger partial charge in [-0.3, -0.25) is 19.3 Å². The second-order valence-electron chi connectivity index (χ2n) is 13.4. The molecule has 8 rings (SSSR count). The molecule has 2 saturated heterocycles. The molecule has 0 aliphatic carbocycles. The molecule has 10 nitrogen and oxygen atoms in total. The number of anilines is 1. The van der Waals surface area contributed by atoms with Crippen molar-refractivity contribution in [3.63, 3.8) is 0 Å². The van der Waals surface area contributed by atoms with Gasteiger partial charge in [0.2, 0.25) is 5.91 Å². The number of carbonyl (C=O) groups is 3. The maximum Gasteiger partial charge on any atom is 0.325 e. The fraction of sp³-hybridized carbons (Fsp3) is 0.205. The van der Waals surface area contributed by atoms with Crippen molar-refractivity contribution in [2.24, 2.45) is 5.92 Å². The molecule has 5 aromatic rings. The van der Waals surface area contributed by atoms with Crippen LogP contribution in [0.5, 0.6) is 11.5 Å². The average molecular weight is 721 g/mol. The molecule has 1 amide bonds. The Kier molecular flexibility index (Phi) is 9.11. The number of amides is 1. The molecule has 3 N–H and O–H groups in total. The highest BCUT2D eigenvalue weighted by Gasteiger charge is 2.74. The molecule has 3 aliphatic rings. The summed E-state index contributed by atoms with van der Waals surface area (Å²) in [5.74, 6) is 3.39. The van der Waals surface area contributed by atoms with Crippen molar-refractivity contribution in [3.8, 4) is 23.3 Å². The number of carbonyl (C=O) groups excluding carboxylic acids is 2. The number of methoxy groups -OCH3 is 1. The number of morpholine rings is 1. The number of hydrogen-bond acceptors (Lipinski definition) is 8. The molecule has 3 heterocycles. The van der Waals surface area contributed by atoms with Gasteiger partial charge in [-0.2, -0.15) is 0 Å². The van der Waals surface area contributed by atoms with Crippen molar-refractivity contribution >= 4 is 23.5 Å². The Morgan fingerprint density at radius 1 is 0.796 bits per heavy atom. The third kappa shape index (κ3) is 5.75. The van der Waals surface area contributed by atoms with Gasteiger partial charge in [0.05, 0.1) is 25.8 Å². The summed E-state index contributed by atoms with van der Waals surface area (Å²) in [5.41, 5.74) is 2.47. The molecular formula is C44H36N2O8. The van der Waals surface area contributed by atoms with Gasteiger partial charge >= 0.3 is 11.9 Å². The largest absolute Gasteiger partial charge is 0.497 e. The van der Waals surface area contributed by atoms with Crippen LogP contribution in [0.4, 0.5) is 5.69 Å². The summed E-state index contributed by atoms with van der Waals surface area (Å²) in [6, 6.07) is 35.4. The van der Waals surface area contributed by atoms with Gasteiger partial charge in [-0.25, -0.2) is 0 Å². The van der Waals surface area contributed by atoms with Gasteiger partial charge in [0.1, 0.15) is 41.6 Å². The molecule has 1 spiro atoms. The second-order valence-corrected chi connectivity index (χ2v) is 13.4. The predicted octanol–water partition coefficient (Wildman–Crippen LogP) is 5.82. The Labute approximate surface area is 311 Å². The van der Waals surface area contributed by atoms with Crippen molar-refractivity contribution in [2.45, 2.75) is 29.6 Å². The Balaban J connectivity index is 1.37. The zero-order chi connectivity index (χ0) is 37.4. The minimum atomic E-state index is -1.81.